The topological polar surface area (TPSA) is 42.9 Å². The van der Waals surface area contributed by atoms with Gasteiger partial charge in [0.05, 0.1) is 0 Å². The van der Waals surface area contributed by atoms with Crippen molar-refractivity contribution in [1.29, 1.82) is 0 Å². The fraction of sp³-hybridized carbons (Fsp3) is 0.333. The number of rotatable bonds is 4. The van der Waals surface area contributed by atoms with Crippen molar-refractivity contribution in [3.8, 4) is 0 Å². The molecule has 0 spiro atoms. The Morgan fingerprint density at radius 2 is 1.16 bits per heavy atom. The van der Waals surface area contributed by atoms with Gasteiger partial charge in [-0.3, -0.25) is 4.79 Å². The van der Waals surface area contributed by atoms with E-state index >= 15 is 0 Å². The standard InChI is InChI=1S/C24H27N5OS/c30-23(28-15-11-26(12-16-28)20-7-3-1-4-8-20)22-19-31-24(25-22)29-17-13-27(14-18-29)21-9-5-2-6-10-21/h1-10,19H,11-18H2. The highest BCUT2D eigenvalue weighted by atomic mass is 32.1. The average molecular weight is 434 g/mol. The lowest BCUT2D eigenvalue weighted by molar-refractivity contribution is 0.0741. The number of hydrogen-bond donors (Lipinski definition) is 0. The number of carbonyl (C=O) groups is 1. The van der Waals surface area contributed by atoms with Gasteiger partial charge in [0.25, 0.3) is 5.91 Å². The van der Waals surface area contributed by atoms with E-state index in [1.165, 1.54) is 11.4 Å². The molecule has 5 rings (SSSR count). The van der Waals surface area contributed by atoms with Crippen molar-refractivity contribution in [2.24, 2.45) is 0 Å². The van der Waals surface area contributed by atoms with Crippen molar-refractivity contribution >= 4 is 33.8 Å². The Morgan fingerprint density at radius 1 is 0.677 bits per heavy atom. The van der Waals surface area contributed by atoms with Crippen molar-refractivity contribution < 1.29 is 4.79 Å². The van der Waals surface area contributed by atoms with Gasteiger partial charge in [0.1, 0.15) is 5.69 Å². The van der Waals surface area contributed by atoms with Crippen LogP contribution in [-0.2, 0) is 0 Å². The summed E-state index contributed by atoms with van der Waals surface area (Å²) in [6.07, 6.45) is 0. The van der Waals surface area contributed by atoms with Gasteiger partial charge in [0.15, 0.2) is 5.13 Å². The second-order valence-corrected chi connectivity index (χ2v) is 8.78. The van der Waals surface area contributed by atoms with Crippen LogP contribution in [0.1, 0.15) is 10.5 Å². The lowest BCUT2D eigenvalue weighted by Gasteiger charge is -2.36. The van der Waals surface area contributed by atoms with Crippen LogP contribution in [0.5, 0.6) is 0 Å². The lowest BCUT2D eigenvalue weighted by Crippen LogP contribution is -2.49. The van der Waals surface area contributed by atoms with E-state index in [4.69, 9.17) is 4.98 Å². The number of piperazine rings is 2. The van der Waals surface area contributed by atoms with E-state index in [2.05, 4.69) is 69.3 Å². The minimum absolute atomic E-state index is 0.0538. The van der Waals surface area contributed by atoms with Gasteiger partial charge >= 0.3 is 0 Å². The van der Waals surface area contributed by atoms with E-state index in [0.717, 1.165) is 57.5 Å². The molecule has 31 heavy (non-hydrogen) atoms. The summed E-state index contributed by atoms with van der Waals surface area (Å²) in [6.45, 7) is 6.95. The first-order valence-electron chi connectivity index (χ1n) is 10.9. The molecular formula is C24H27N5OS. The number of para-hydroxylation sites is 2. The molecule has 2 aliphatic heterocycles. The summed E-state index contributed by atoms with van der Waals surface area (Å²) < 4.78 is 0. The first-order chi connectivity index (χ1) is 15.3. The highest BCUT2D eigenvalue weighted by molar-refractivity contribution is 7.13. The molecule has 0 N–H and O–H groups in total. The van der Waals surface area contributed by atoms with Crippen LogP contribution >= 0.6 is 11.3 Å². The fourth-order valence-corrected chi connectivity index (χ4v) is 5.12. The number of anilines is 3. The van der Waals surface area contributed by atoms with Gasteiger partial charge in [-0.2, -0.15) is 0 Å². The van der Waals surface area contributed by atoms with Gasteiger partial charge in [-0.25, -0.2) is 4.98 Å². The van der Waals surface area contributed by atoms with Crippen molar-refractivity contribution in [3.63, 3.8) is 0 Å². The molecule has 0 unspecified atom stereocenters. The number of amides is 1. The average Bonchev–Trinajstić information content (AvgIpc) is 3.35. The van der Waals surface area contributed by atoms with Gasteiger partial charge in [0, 0.05) is 69.1 Å². The van der Waals surface area contributed by atoms with E-state index in [1.54, 1.807) is 11.3 Å². The summed E-state index contributed by atoms with van der Waals surface area (Å²) in [7, 11) is 0. The molecular weight excluding hydrogens is 406 g/mol. The highest BCUT2D eigenvalue weighted by Gasteiger charge is 2.26. The predicted octanol–water partition coefficient (Wildman–Crippen LogP) is 3.43. The van der Waals surface area contributed by atoms with Gasteiger partial charge in [0.2, 0.25) is 0 Å². The molecule has 160 valence electrons. The zero-order valence-corrected chi connectivity index (χ0v) is 18.4. The minimum atomic E-state index is 0.0538. The summed E-state index contributed by atoms with van der Waals surface area (Å²) in [6, 6.07) is 20.9. The molecule has 0 bridgehead atoms. The number of aromatic nitrogens is 1. The maximum Gasteiger partial charge on any atom is 0.273 e. The molecule has 0 saturated carbocycles. The maximum atomic E-state index is 13.0. The van der Waals surface area contributed by atoms with E-state index in [0.29, 0.717) is 5.69 Å². The first-order valence-corrected chi connectivity index (χ1v) is 11.8. The van der Waals surface area contributed by atoms with Crippen LogP contribution in [0.15, 0.2) is 66.0 Å². The summed E-state index contributed by atoms with van der Waals surface area (Å²) in [4.78, 5) is 26.7. The molecule has 2 fully saturated rings. The zero-order chi connectivity index (χ0) is 21.0. The number of hydrogen-bond acceptors (Lipinski definition) is 6. The highest BCUT2D eigenvalue weighted by Crippen LogP contribution is 2.25. The van der Waals surface area contributed by atoms with Crippen molar-refractivity contribution in [2.75, 3.05) is 67.1 Å². The maximum absolute atomic E-state index is 13.0. The molecule has 2 saturated heterocycles. The predicted molar refractivity (Wildman–Crippen MR) is 128 cm³/mol. The first kappa shape index (κ1) is 19.9. The largest absolute Gasteiger partial charge is 0.368 e. The van der Waals surface area contributed by atoms with Crippen LogP contribution in [0.25, 0.3) is 0 Å². The number of carbonyl (C=O) groups excluding carboxylic acids is 1. The van der Waals surface area contributed by atoms with Crippen LogP contribution in [-0.4, -0.2) is 68.1 Å². The third-order valence-corrected chi connectivity index (χ3v) is 6.97. The van der Waals surface area contributed by atoms with Gasteiger partial charge in [-0.05, 0) is 24.3 Å². The lowest BCUT2D eigenvalue weighted by atomic mass is 10.2. The van der Waals surface area contributed by atoms with Crippen LogP contribution in [0.2, 0.25) is 0 Å². The quantitative estimate of drug-likeness (QED) is 0.631. The molecule has 7 heteroatoms. The van der Waals surface area contributed by atoms with Crippen LogP contribution < -0.4 is 14.7 Å². The van der Waals surface area contributed by atoms with Crippen molar-refractivity contribution in [2.45, 2.75) is 0 Å². The van der Waals surface area contributed by atoms with E-state index in [1.807, 2.05) is 16.3 Å². The molecule has 0 radical (unpaired) electrons. The second kappa shape index (κ2) is 8.98. The molecule has 0 atom stereocenters. The normalized spacial score (nSPS) is 17.2. The summed E-state index contributed by atoms with van der Waals surface area (Å²) in [5.41, 5.74) is 3.07. The monoisotopic (exact) mass is 433 g/mol. The smallest absolute Gasteiger partial charge is 0.273 e. The van der Waals surface area contributed by atoms with Gasteiger partial charge in [-0.15, -0.1) is 11.3 Å². The summed E-state index contributed by atoms with van der Waals surface area (Å²) >= 11 is 1.58. The second-order valence-electron chi connectivity index (χ2n) is 7.94. The molecule has 2 aromatic carbocycles. The van der Waals surface area contributed by atoms with Crippen molar-refractivity contribution in [3.05, 3.63) is 71.7 Å². The Kier molecular flexibility index (Phi) is 5.76. The van der Waals surface area contributed by atoms with Crippen LogP contribution in [0.3, 0.4) is 0 Å². The summed E-state index contributed by atoms with van der Waals surface area (Å²) in [5, 5.41) is 2.88. The molecule has 1 aromatic heterocycles. The third kappa shape index (κ3) is 4.37. The summed E-state index contributed by atoms with van der Waals surface area (Å²) in [5.74, 6) is 0.0538. The van der Waals surface area contributed by atoms with Crippen molar-refractivity contribution in [1.82, 2.24) is 9.88 Å². The number of benzene rings is 2. The molecule has 2 aliphatic rings. The fourth-order valence-electron chi connectivity index (χ4n) is 4.27. The van der Waals surface area contributed by atoms with Gasteiger partial charge in [-0.1, -0.05) is 36.4 Å². The molecule has 6 nitrogen and oxygen atoms in total. The molecule has 0 aliphatic carbocycles. The third-order valence-electron chi connectivity index (χ3n) is 6.07. The Morgan fingerprint density at radius 3 is 1.71 bits per heavy atom. The Labute approximate surface area is 187 Å². The molecule has 3 aromatic rings. The zero-order valence-electron chi connectivity index (χ0n) is 17.6. The van der Waals surface area contributed by atoms with E-state index in [9.17, 15) is 4.79 Å². The number of thiazole rings is 1. The Bertz CT molecular complexity index is 993. The van der Waals surface area contributed by atoms with E-state index in [-0.39, 0.29) is 5.91 Å². The minimum Gasteiger partial charge on any atom is -0.368 e. The SMILES string of the molecule is O=C(c1csc(N2CCN(c3ccccc3)CC2)n1)N1CCN(c2ccccc2)CC1. The van der Waals surface area contributed by atoms with Crippen LogP contribution in [0, 0.1) is 0 Å². The molecule has 1 amide bonds. The Balaban J connectivity index is 1.16. The van der Waals surface area contributed by atoms with E-state index < -0.39 is 0 Å². The number of nitrogens with zero attached hydrogens (tertiary/aromatic N) is 5. The Hall–Kier alpha value is -3.06. The van der Waals surface area contributed by atoms with Crippen LogP contribution in [0.4, 0.5) is 16.5 Å². The van der Waals surface area contributed by atoms with Gasteiger partial charge < -0.3 is 19.6 Å². The molecule has 3 heterocycles.